The Hall–Kier alpha value is -2.30. The molecule has 298 valence electrons. The lowest BCUT2D eigenvalue weighted by atomic mass is 9.34. The number of carbonyl (C=O) groups excluding carboxylic acids is 1. The minimum absolute atomic E-state index is 0.0428. The number of rotatable bonds is 11. The Morgan fingerprint density at radius 3 is 2.36 bits per heavy atom. The van der Waals surface area contributed by atoms with Gasteiger partial charge in [0.05, 0.1) is 37.9 Å². The average molecular weight is 738 g/mol. The van der Waals surface area contributed by atoms with E-state index in [1.165, 1.54) is 11.9 Å². The topological polar surface area (TPSA) is 128 Å². The molecule has 53 heavy (non-hydrogen) atoms. The highest BCUT2D eigenvalue weighted by molar-refractivity contribution is 5.90. The van der Waals surface area contributed by atoms with Crippen LogP contribution < -0.4 is 10.6 Å². The maximum absolute atomic E-state index is 13.7. The first-order valence-electron chi connectivity index (χ1n) is 20.7. The van der Waals surface area contributed by atoms with Gasteiger partial charge in [0.2, 0.25) is 5.82 Å². The Morgan fingerprint density at radius 2 is 1.75 bits per heavy atom. The molecule has 0 spiro atoms. The van der Waals surface area contributed by atoms with Gasteiger partial charge in [0, 0.05) is 17.0 Å². The fourth-order valence-electron chi connectivity index (χ4n) is 12.9. The molecule has 4 aliphatic carbocycles. The smallest absolute Gasteiger partial charge is 0.307 e. The first-order valence-corrected chi connectivity index (χ1v) is 20.7. The highest BCUT2D eigenvalue weighted by Gasteiger charge is 2.73. The fourth-order valence-corrected chi connectivity index (χ4v) is 12.9. The van der Waals surface area contributed by atoms with Crippen molar-refractivity contribution in [3.05, 3.63) is 23.8 Å². The molecule has 1 amide bonds. The van der Waals surface area contributed by atoms with Crippen molar-refractivity contribution in [3.63, 3.8) is 0 Å². The minimum atomic E-state index is -0.650. The van der Waals surface area contributed by atoms with Crippen molar-refractivity contribution >= 4 is 11.9 Å². The van der Waals surface area contributed by atoms with Gasteiger partial charge in [-0.25, -0.2) is 9.67 Å². The van der Waals surface area contributed by atoms with Crippen LogP contribution in [0.25, 0.3) is 0 Å². The van der Waals surface area contributed by atoms with E-state index in [-0.39, 0.29) is 57.7 Å². The molecule has 1 saturated heterocycles. The number of aliphatic carboxylic acids is 1. The van der Waals surface area contributed by atoms with Crippen LogP contribution in [0.1, 0.15) is 138 Å². The lowest BCUT2D eigenvalue weighted by Crippen LogP contribution is -2.70. The number of aromatic nitrogens is 3. The molecule has 2 heterocycles. The second kappa shape index (κ2) is 13.7. The molecule has 2 bridgehead atoms. The van der Waals surface area contributed by atoms with Crippen LogP contribution in [0.2, 0.25) is 0 Å². The fraction of sp³-hybridized carbons (Fsp3) is 0.860. The molecular weight excluding hydrogens is 667 g/mol. The first kappa shape index (κ1) is 40.4. The number of carboxylic acid groups (broad SMARTS) is 1. The number of carbonyl (C=O) groups is 2. The molecular formula is C43H71N5O5. The molecule has 1 aromatic heterocycles. The van der Waals surface area contributed by atoms with Gasteiger partial charge in [-0.1, -0.05) is 74.0 Å². The van der Waals surface area contributed by atoms with Gasteiger partial charge >= 0.3 is 5.97 Å². The Kier molecular flexibility index (Phi) is 10.4. The summed E-state index contributed by atoms with van der Waals surface area (Å²) in [7, 11) is 2.01. The zero-order valence-electron chi connectivity index (χ0n) is 35.1. The summed E-state index contributed by atoms with van der Waals surface area (Å²) in [6, 6.07) is -0.295. The molecule has 0 radical (unpaired) electrons. The van der Waals surface area contributed by atoms with Gasteiger partial charge in [0.1, 0.15) is 6.33 Å². The zero-order valence-corrected chi connectivity index (χ0v) is 35.1. The van der Waals surface area contributed by atoms with E-state index in [4.69, 9.17) is 14.6 Å². The zero-order chi connectivity index (χ0) is 39.1. The standard InChI is InChI=1S/C43H71N5O5/c1-25(2)28(7)39(9)18-19-40(10)29-14-15-32-38(8)20-31(48-35(45-24-46-48)36(49)47-27(5)6)34(53-22-42(12,44-13)26(3)4)43(32,23-52-21-38)30(29)16-17-41(40,11)33(39)37(50)51/h16,24-29,31-34,44H,14-15,17-23H2,1-13H3,(H,47,49)(H,50,51)/t28-,29+,31-,32-,33-,34+,38-,39-,40-,41+,42+,43+/m1/s1. The molecule has 6 rings (SSSR count). The number of hydrogen-bond donors (Lipinski definition) is 3. The molecule has 0 aromatic carbocycles. The molecule has 3 N–H and O–H groups in total. The Balaban J connectivity index is 1.54. The molecule has 12 atom stereocenters. The van der Waals surface area contributed by atoms with Gasteiger partial charge in [-0.2, -0.15) is 5.10 Å². The van der Waals surface area contributed by atoms with E-state index in [1.807, 2.05) is 25.6 Å². The van der Waals surface area contributed by atoms with Crippen molar-refractivity contribution in [2.45, 2.75) is 145 Å². The number of likely N-dealkylation sites (N-methyl/N-ethyl adjacent to an activating group) is 1. The monoisotopic (exact) mass is 738 g/mol. The number of nitrogens with one attached hydrogen (secondary N) is 2. The maximum Gasteiger partial charge on any atom is 0.307 e. The maximum atomic E-state index is 13.7. The van der Waals surface area contributed by atoms with Crippen molar-refractivity contribution < 1.29 is 24.2 Å². The van der Waals surface area contributed by atoms with Crippen molar-refractivity contribution in [2.24, 2.45) is 62.6 Å². The highest BCUT2D eigenvalue weighted by Crippen LogP contribution is 2.75. The molecule has 10 heteroatoms. The number of amides is 1. The summed E-state index contributed by atoms with van der Waals surface area (Å²) in [5, 5.41) is 22.6. The quantitative estimate of drug-likeness (QED) is 0.199. The second-order valence-corrected chi connectivity index (χ2v) is 20.4. The number of ether oxygens (including phenoxy) is 2. The van der Waals surface area contributed by atoms with E-state index in [1.54, 1.807) is 0 Å². The van der Waals surface area contributed by atoms with Crippen LogP contribution in [0, 0.1) is 62.6 Å². The Bertz CT molecular complexity index is 1590. The molecule has 3 saturated carbocycles. The predicted octanol–water partition coefficient (Wildman–Crippen LogP) is 7.57. The third kappa shape index (κ3) is 5.88. The van der Waals surface area contributed by atoms with Gasteiger partial charge in [-0.05, 0) is 118 Å². The van der Waals surface area contributed by atoms with Crippen molar-refractivity contribution in [2.75, 3.05) is 26.9 Å². The number of allylic oxidation sites excluding steroid dienone is 1. The Labute approximate surface area is 319 Å². The highest BCUT2D eigenvalue weighted by atomic mass is 16.5. The van der Waals surface area contributed by atoms with E-state index in [0.29, 0.717) is 49.8 Å². The molecule has 5 aliphatic rings. The van der Waals surface area contributed by atoms with Crippen LogP contribution in [-0.2, 0) is 14.3 Å². The number of nitrogens with zero attached hydrogens (tertiary/aromatic N) is 3. The summed E-state index contributed by atoms with van der Waals surface area (Å²) in [6.07, 6.45) is 9.06. The summed E-state index contributed by atoms with van der Waals surface area (Å²) < 4.78 is 16.1. The van der Waals surface area contributed by atoms with Crippen LogP contribution in [0.3, 0.4) is 0 Å². The van der Waals surface area contributed by atoms with Crippen molar-refractivity contribution in [3.8, 4) is 0 Å². The lowest BCUT2D eigenvalue weighted by molar-refractivity contribution is -0.255. The van der Waals surface area contributed by atoms with Crippen LogP contribution in [0.15, 0.2) is 18.0 Å². The van der Waals surface area contributed by atoms with Crippen LogP contribution in [0.5, 0.6) is 0 Å². The molecule has 1 aliphatic heterocycles. The summed E-state index contributed by atoms with van der Waals surface area (Å²) in [4.78, 5) is 31.8. The molecule has 1 aromatic rings. The van der Waals surface area contributed by atoms with E-state index in [0.717, 1.165) is 32.1 Å². The number of hydrogen-bond acceptors (Lipinski definition) is 7. The summed E-state index contributed by atoms with van der Waals surface area (Å²) in [5.74, 6) is 0.450. The minimum Gasteiger partial charge on any atom is -0.481 e. The summed E-state index contributed by atoms with van der Waals surface area (Å²) >= 11 is 0. The van der Waals surface area contributed by atoms with Crippen LogP contribution in [0.4, 0.5) is 0 Å². The van der Waals surface area contributed by atoms with Gasteiger partial charge in [-0.3, -0.25) is 9.59 Å². The van der Waals surface area contributed by atoms with Gasteiger partial charge in [0.25, 0.3) is 5.91 Å². The third-order valence-corrected chi connectivity index (χ3v) is 16.9. The number of carboxylic acids is 1. The first-order chi connectivity index (χ1) is 24.7. The van der Waals surface area contributed by atoms with Crippen LogP contribution >= 0.6 is 0 Å². The SMILES string of the molecule is CN[C@@](C)(CO[C@H]1[C@H](n2ncnc2C(=O)NC(C)C)C[C@]2(C)COC[C@@]13C1=CC[C@@]4(C)[C@H](C(=O)O)[C@@](C)([C@H](C)C(C)C)CC[C@]4(C)[C@H]1CC[C@H]23)C(C)C. The second-order valence-electron chi connectivity index (χ2n) is 20.4. The average Bonchev–Trinajstić information content (AvgIpc) is 3.57. The van der Waals surface area contributed by atoms with Gasteiger partial charge < -0.3 is 25.2 Å². The molecule has 10 nitrogen and oxygen atoms in total. The largest absolute Gasteiger partial charge is 0.481 e. The van der Waals surface area contributed by atoms with E-state index >= 15 is 0 Å². The van der Waals surface area contributed by atoms with E-state index in [9.17, 15) is 14.7 Å². The van der Waals surface area contributed by atoms with E-state index in [2.05, 4.69) is 90.9 Å². The van der Waals surface area contributed by atoms with Crippen molar-refractivity contribution in [1.82, 2.24) is 25.4 Å². The number of fused-ring (bicyclic) bond motifs is 3. The van der Waals surface area contributed by atoms with Crippen LogP contribution in [-0.4, -0.2) is 76.3 Å². The lowest BCUT2D eigenvalue weighted by Gasteiger charge is -2.71. The van der Waals surface area contributed by atoms with Gasteiger partial charge in [-0.15, -0.1) is 0 Å². The summed E-state index contributed by atoms with van der Waals surface area (Å²) in [5.41, 5.74) is -0.499. The predicted molar refractivity (Wildman–Crippen MR) is 207 cm³/mol. The Morgan fingerprint density at radius 1 is 1.06 bits per heavy atom. The molecule has 4 fully saturated rings. The molecule has 0 unspecified atom stereocenters. The van der Waals surface area contributed by atoms with Gasteiger partial charge in [0.15, 0.2) is 0 Å². The third-order valence-electron chi connectivity index (χ3n) is 16.9. The van der Waals surface area contributed by atoms with E-state index < -0.39 is 22.7 Å². The summed E-state index contributed by atoms with van der Waals surface area (Å²) in [6.45, 7) is 28.4. The van der Waals surface area contributed by atoms with Crippen molar-refractivity contribution in [1.29, 1.82) is 0 Å². The normalized spacial score (nSPS) is 41.2.